The fourth-order valence-corrected chi connectivity index (χ4v) is 3.91. The van der Waals surface area contributed by atoms with E-state index >= 15 is 0 Å². The summed E-state index contributed by atoms with van der Waals surface area (Å²) >= 11 is 0. The number of anilines is 2. The van der Waals surface area contributed by atoms with E-state index in [4.69, 9.17) is 0 Å². The number of hydrogen-bond acceptors (Lipinski definition) is 4. The van der Waals surface area contributed by atoms with Crippen molar-refractivity contribution in [1.29, 1.82) is 5.26 Å². The molecule has 0 aliphatic carbocycles. The number of amides is 1. The highest BCUT2D eigenvalue weighted by molar-refractivity contribution is 6.03. The van der Waals surface area contributed by atoms with Gasteiger partial charge in [0.2, 0.25) is 5.91 Å². The number of nitriles is 1. The molecule has 1 aromatic heterocycles. The van der Waals surface area contributed by atoms with E-state index in [0.717, 1.165) is 42.9 Å². The predicted octanol–water partition coefficient (Wildman–Crippen LogP) is 2.91. The summed E-state index contributed by atoms with van der Waals surface area (Å²) in [7, 11) is 0. The first-order valence-corrected chi connectivity index (χ1v) is 8.27. The van der Waals surface area contributed by atoms with Crippen LogP contribution in [0.1, 0.15) is 29.9 Å². The van der Waals surface area contributed by atoms with Crippen LogP contribution in [0.4, 0.5) is 11.4 Å². The quantitative estimate of drug-likeness (QED) is 0.924. The van der Waals surface area contributed by atoms with E-state index in [1.165, 1.54) is 0 Å². The third-order valence-electron chi connectivity index (χ3n) is 5.11. The molecule has 120 valence electrons. The molecule has 5 nitrogen and oxygen atoms in total. The lowest BCUT2D eigenvalue weighted by molar-refractivity contribution is -0.118. The Kier molecular flexibility index (Phi) is 3.66. The van der Waals surface area contributed by atoms with E-state index in [9.17, 15) is 10.1 Å². The van der Waals surface area contributed by atoms with Gasteiger partial charge in [0.05, 0.1) is 23.4 Å². The normalized spacial score (nSPS) is 20.4. The Labute approximate surface area is 140 Å². The molecule has 1 unspecified atom stereocenters. The van der Waals surface area contributed by atoms with Gasteiger partial charge in [-0.1, -0.05) is 18.2 Å². The fraction of sp³-hybridized carbons (Fsp3) is 0.316. The molecule has 1 N–H and O–H groups in total. The van der Waals surface area contributed by atoms with Crippen LogP contribution in [0.3, 0.4) is 0 Å². The summed E-state index contributed by atoms with van der Waals surface area (Å²) in [5, 5.41) is 12.3. The van der Waals surface area contributed by atoms with Crippen LogP contribution < -0.4 is 10.2 Å². The summed E-state index contributed by atoms with van der Waals surface area (Å²) in [6, 6.07) is 12.0. The molecule has 0 saturated carbocycles. The average Bonchev–Trinajstić information content (AvgIpc) is 2.97. The van der Waals surface area contributed by atoms with Gasteiger partial charge in [0.15, 0.2) is 0 Å². The highest BCUT2D eigenvalue weighted by atomic mass is 16.2. The van der Waals surface area contributed by atoms with Crippen molar-refractivity contribution < 1.29 is 4.79 Å². The van der Waals surface area contributed by atoms with Crippen molar-refractivity contribution >= 4 is 17.3 Å². The zero-order chi connectivity index (χ0) is 16.5. The van der Waals surface area contributed by atoms with Crippen LogP contribution in [0, 0.1) is 17.2 Å². The van der Waals surface area contributed by atoms with Gasteiger partial charge in [0.1, 0.15) is 6.07 Å². The second-order valence-electron chi connectivity index (χ2n) is 6.38. The van der Waals surface area contributed by atoms with Crippen LogP contribution in [0.25, 0.3) is 0 Å². The second-order valence-corrected chi connectivity index (χ2v) is 6.38. The van der Waals surface area contributed by atoms with Crippen molar-refractivity contribution in [1.82, 2.24) is 4.98 Å². The maximum atomic E-state index is 12.4. The third kappa shape index (κ3) is 2.41. The fourth-order valence-electron chi connectivity index (χ4n) is 3.91. The predicted molar refractivity (Wildman–Crippen MR) is 91.7 cm³/mol. The molecule has 1 fully saturated rings. The van der Waals surface area contributed by atoms with Crippen LogP contribution in [-0.4, -0.2) is 24.0 Å². The number of rotatable bonds is 2. The van der Waals surface area contributed by atoms with Gasteiger partial charge in [-0.15, -0.1) is 0 Å². The molecule has 3 heterocycles. The summed E-state index contributed by atoms with van der Waals surface area (Å²) in [5.74, 6) is 0.411. The van der Waals surface area contributed by atoms with Crippen molar-refractivity contribution in [2.24, 2.45) is 5.92 Å². The second kappa shape index (κ2) is 5.97. The average molecular weight is 318 g/mol. The Hall–Kier alpha value is -2.87. The molecule has 0 spiro atoms. The van der Waals surface area contributed by atoms with Gasteiger partial charge in [-0.3, -0.25) is 9.78 Å². The van der Waals surface area contributed by atoms with Gasteiger partial charge in [-0.25, -0.2) is 0 Å². The highest BCUT2D eigenvalue weighted by Gasteiger charge is 2.38. The summed E-state index contributed by atoms with van der Waals surface area (Å²) in [6.45, 7) is 1.69. The van der Waals surface area contributed by atoms with Crippen molar-refractivity contribution in [2.75, 3.05) is 23.3 Å². The standard InChI is InChI=1S/C19H18N4O/c20-11-14-5-8-21-12-17(14)23-9-6-13(7-10-23)18-15-3-1-2-4-16(15)22-19(18)24/h1-5,8,12-13,18H,6-7,9-10H2,(H,22,24). The Morgan fingerprint density at radius 3 is 2.79 bits per heavy atom. The van der Waals surface area contributed by atoms with Crippen molar-refractivity contribution in [3.8, 4) is 6.07 Å². The Morgan fingerprint density at radius 1 is 1.21 bits per heavy atom. The number of nitrogens with one attached hydrogen (secondary N) is 1. The number of aromatic nitrogens is 1. The number of benzene rings is 1. The lowest BCUT2D eigenvalue weighted by atomic mass is 9.80. The van der Waals surface area contributed by atoms with Crippen molar-refractivity contribution in [2.45, 2.75) is 18.8 Å². The molecule has 1 aromatic carbocycles. The summed E-state index contributed by atoms with van der Waals surface area (Å²) in [5.41, 5.74) is 3.64. The molecule has 2 aromatic rings. The van der Waals surface area contributed by atoms with Crippen molar-refractivity contribution in [3.63, 3.8) is 0 Å². The minimum Gasteiger partial charge on any atom is -0.369 e. The Bertz CT molecular complexity index is 818. The first-order chi connectivity index (χ1) is 11.8. The lowest BCUT2D eigenvalue weighted by Gasteiger charge is -2.35. The molecule has 0 radical (unpaired) electrons. The van der Waals surface area contributed by atoms with Crippen LogP contribution in [0.15, 0.2) is 42.7 Å². The molecule has 0 bridgehead atoms. The van der Waals surface area contributed by atoms with Crippen LogP contribution >= 0.6 is 0 Å². The zero-order valence-electron chi connectivity index (χ0n) is 13.3. The Balaban J connectivity index is 1.51. The maximum Gasteiger partial charge on any atom is 0.232 e. The Morgan fingerprint density at radius 2 is 2.00 bits per heavy atom. The zero-order valence-corrected chi connectivity index (χ0v) is 13.3. The third-order valence-corrected chi connectivity index (χ3v) is 5.11. The van der Waals surface area contributed by atoms with Gasteiger partial charge in [-0.2, -0.15) is 5.26 Å². The van der Waals surface area contributed by atoms with E-state index in [1.807, 2.05) is 18.2 Å². The van der Waals surface area contributed by atoms with Gasteiger partial charge < -0.3 is 10.2 Å². The molecule has 1 atom stereocenters. The first-order valence-electron chi connectivity index (χ1n) is 8.27. The monoisotopic (exact) mass is 318 g/mol. The van der Waals surface area contributed by atoms with E-state index in [-0.39, 0.29) is 11.8 Å². The lowest BCUT2D eigenvalue weighted by Crippen LogP contribution is -2.37. The largest absolute Gasteiger partial charge is 0.369 e. The first kappa shape index (κ1) is 14.7. The molecule has 2 aliphatic rings. The minimum atomic E-state index is -0.0484. The number of nitrogens with zero attached hydrogens (tertiary/aromatic N) is 3. The molecular weight excluding hydrogens is 300 g/mol. The van der Waals surface area contributed by atoms with Crippen LogP contribution in [-0.2, 0) is 4.79 Å². The van der Waals surface area contributed by atoms with Gasteiger partial charge in [-0.05, 0) is 36.5 Å². The number of carbonyl (C=O) groups is 1. The summed E-state index contributed by atoms with van der Waals surface area (Å²) < 4.78 is 0. The highest BCUT2D eigenvalue weighted by Crippen LogP contribution is 2.41. The smallest absolute Gasteiger partial charge is 0.232 e. The molecule has 4 rings (SSSR count). The molecule has 1 saturated heterocycles. The molecule has 24 heavy (non-hydrogen) atoms. The molecular formula is C19H18N4O. The number of para-hydroxylation sites is 1. The number of carbonyl (C=O) groups excluding carboxylic acids is 1. The molecule has 1 amide bonds. The van der Waals surface area contributed by atoms with Gasteiger partial charge in [0.25, 0.3) is 0 Å². The topological polar surface area (TPSA) is 69.0 Å². The van der Waals surface area contributed by atoms with Crippen LogP contribution in [0.5, 0.6) is 0 Å². The number of piperidine rings is 1. The van der Waals surface area contributed by atoms with Gasteiger partial charge in [0, 0.05) is 25.0 Å². The van der Waals surface area contributed by atoms with Gasteiger partial charge >= 0.3 is 0 Å². The summed E-state index contributed by atoms with van der Waals surface area (Å²) in [6.07, 6.45) is 5.28. The maximum absolute atomic E-state index is 12.4. The molecule has 5 heteroatoms. The molecule has 2 aliphatic heterocycles. The number of pyridine rings is 1. The van der Waals surface area contributed by atoms with Crippen molar-refractivity contribution in [3.05, 3.63) is 53.9 Å². The number of hydrogen-bond donors (Lipinski definition) is 1. The van der Waals surface area contributed by atoms with Crippen LogP contribution in [0.2, 0.25) is 0 Å². The van der Waals surface area contributed by atoms with E-state index in [2.05, 4.69) is 27.3 Å². The minimum absolute atomic E-state index is 0.0484. The van der Waals surface area contributed by atoms with E-state index in [0.29, 0.717) is 11.5 Å². The SMILES string of the molecule is N#Cc1ccncc1N1CCC(C2C(=O)Nc3ccccc32)CC1. The van der Waals surface area contributed by atoms with E-state index < -0.39 is 0 Å². The number of fused-ring (bicyclic) bond motifs is 1. The summed E-state index contributed by atoms with van der Waals surface area (Å²) in [4.78, 5) is 18.8. The van der Waals surface area contributed by atoms with E-state index in [1.54, 1.807) is 18.5 Å².